The van der Waals surface area contributed by atoms with E-state index in [0.717, 1.165) is 18.2 Å². The number of carbonyl (C=O) groups excluding carboxylic acids is 1. The molecule has 0 aliphatic heterocycles. The summed E-state index contributed by atoms with van der Waals surface area (Å²) in [6, 6.07) is 13.0. The van der Waals surface area contributed by atoms with Gasteiger partial charge in [0.15, 0.2) is 5.78 Å². The zero-order chi connectivity index (χ0) is 17.6. The Kier molecular flexibility index (Phi) is 4.03. The van der Waals surface area contributed by atoms with Gasteiger partial charge < -0.3 is 5.11 Å². The first-order chi connectivity index (χ1) is 12.0. The van der Waals surface area contributed by atoms with Gasteiger partial charge in [-0.3, -0.25) is 4.79 Å². The molecule has 0 amide bonds. The molecule has 4 rings (SSSR count). The van der Waals surface area contributed by atoms with E-state index in [4.69, 9.17) is 23.2 Å². The molecule has 0 radical (unpaired) electrons. The van der Waals surface area contributed by atoms with Crippen LogP contribution >= 0.6 is 23.2 Å². The topological polar surface area (TPSA) is 37.3 Å². The van der Waals surface area contributed by atoms with Gasteiger partial charge in [0.05, 0.1) is 5.02 Å². The van der Waals surface area contributed by atoms with Crippen molar-refractivity contribution in [2.75, 3.05) is 0 Å². The highest BCUT2D eigenvalue weighted by atomic mass is 35.5. The summed E-state index contributed by atoms with van der Waals surface area (Å²) in [5.41, 5.74) is 3.67. The van der Waals surface area contributed by atoms with Crippen LogP contribution in [0.25, 0.3) is 16.8 Å². The van der Waals surface area contributed by atoms with E-state index in [9.17, 15) is 9.90 Å². The van der Waals surface area contributed by atoms with E-state index in [1.807, 2.05) is 24.3 Å². The average molecular weight is 369 g/mol. The number of aryl methyl sites for hydroxylation is 2. The molecular formula is C21H14Cl2O2. The maximum Gasteiger partial charge on any atom is 0.186 e. The number of benzene rings is 3. The minimum absolute atomic E-state index is 0.0875. The molecule has 0 atom stereocenters. The van der Waals surface area contributed by atoms with E-state index in [-0.39, 0.29) is 16.6 Å². The van der Waals surface area contributed by atoms with E-state index in [1.54, 1.807) is 12.1 Å². The van der Waals surface area contributed by atoms with Gasteiger partial charge in [-0.2, -0.15) is 0 Å². The number of carbonyl (C=O) groups is 1. The molecule has 0 aromatic heterocycles. The zero-order valence-corrected chi connectivity index (χ0v) is 14.7. The summed E-state index contributed by atoms with van der Waals surface area (Å²) >= 11 is 11.9. The molecule has 1 aliphatic rings. The Morgan fingerprint density at radius 3 is 2.60 bits per heavy atom. The van der Waals surface area contributed by atoms with E-state index < -0.39 is 0 Å². The minimum Gasteiger partial charge on any atom is -0.506 e. The van der Waals surface area contributed by atoms with E-state index in [2.05, 4.69) is 6.07 Å². The van der Waals surface area contributed by atoms with Crippen LogP contribution in [0.2, 0.25) is 10.0 Å². The molecule has 3 aromatic carbocycles. The quantitative estimate of drug-likeness (QED) is 0.465. The van der Waals surface area contributed by atoms with Crippen molar-refractivity contribution >= 4 is 45.8 Å². The van der Waals surface area contributed by atoms with Gasteiger partial charge in [-0.25, -0.2) is 0 Å². The summed E-state index contributed by atoms with van der Waals surface area (Å²) in [6.45, 7) is 0. The van der Waals surface area contributed by atoms with E-state index in [0.29, 0.717) is 16.1 Å². The molecule has 1 N–H and O–H groups in total. The molecule has 2 nitrogen and oxygen atoms in total. The lowest BCUT2D eigenvalue weighted by molar-refractivity contribution is 0.104. The number of aromatic hydroxyl groups is 1. The molecule has 0 unspecified atom stereocenters. The van der Waals surface area contributed by atoms with Crippen LogP contribution in [0.4, 0.5) is 0 Å². The normalized spacial score (nSPS) is 13.0. The zero-order valence-electron chi connectivity index (χ0n) is 13.2. The molecular weight excluding hydrogens is 355 g/mol. The Labute approximate surface area is 155 Å². The predicted octanol–water partition coefficient (Wildman–Crippen LogP) is 5.85. The molecule has 0 saturated carbocycles. The molecule has 0 bridgehead atoms. The number of hydrogen-bond donors (Lipinski definition) is 1. The fraction of sp³-hybridized carbons (Fsp3) is 0.0952. The fourth-order valence-electron chi connectivity index (χ4n) is 3.43. The summed E-state index contributed by atoms with van der Waals surface area (Å²) < 4.78 is 0. The number of allylic oxidation sites excluding steroid dienone is 1. The molecule has 0 heterocycles. The van der Waals surface area contributed by atoms with E-state index >= 15 is 0 Å². The molecule has 0 fully saturated rings. The maximum absolute atomic E-state index is 12.7. The second kappa shape index (κ2) is 6.21. The summed E-state index contributed by atoms with van der Waals surface area (Å²) in [5, 5.41) is 12.8. The monoisotopic (exact) mass is 368 g/mol. The van der Waals surface area contributed by atoms with Gasteiger partial charge in [0, 0.05) is 16.1 Å². The van der Waals surface area contributed by atoms with E-state index in [1.165, 1.54) is 28.7 Å². The van der Waals surface area contributed by atoms with Crippen LogP contribution in [0.15, 0.2) is 48.5 Å². The summed E-state index contributed by atoms with van der Waals surface area (Å²) in [6.07, 6.45) is 5.03. The second-order valence-corrected chi connectivity index (χ2v) is 6.98. The minimum atomic E-state index is -0.119. The van der Waals surface area contributed by atoms with Gasteiger partial charge in [-0.05, 0) is 59.0 Å². The molecule has 3 aromatic rings. The summed E-state index contributed by atoms with van der Waals surface area (Å²) in [4.78, 5) is 12.7. The van der Waals surface area contributed by atoms with Crippen LogP contribution in [0, 0.1) is 0 Å². The Morgan fingerprint density at radius 1 is 1.04 bits per heavy atom. The van der Waals surface area contributed by atoms with Crippen LogP contribution < -0.4 is 0 Å². The number of ketones is 1. The highest BCUT2D eigenvalue weighted by Gasteiger charge is 2.17. The first-order valence-electron chi connectivity index (χ1n) is 7.98. The van der Waals surface area contributed by atoms with Gasteiger partial charge in [0.2, 0.25) is 0 Å². The summed E-state index contributed by atoms with van der Waals surface area (Å²) in [7, 11) is 0. The average Bonchev–Trinajstić information content (AvgIpc) is 3.02. The van der Waals surface area contributed by atoms with Gasteiger partial charge >= 0.3 is 0 Å². The van der Waals surface area contributed by atoms with Crippen molar-refractivity contribution in [3.05, 3.63) is 80.8 Å². The van der Waals surface area contributed by atoms with Crippen LogP contribution in [0.1, 0.15) is 27.0 Å². The fourth-order valence-corrected chi connectivity index (χ4v) is 3.94. The first kappa shape index (κ1) is 16.2. The van der Waals surface area contributed by atoms with Crippen molar-refractivity contribution in [2.45, 2.75) is 12.8 Å². The van der Waals surface area contributed by atoms with Crippen LogP contribution in [-0.4, -0.2) is 10.9 Å². The highest BCUT2D eigenvalue weighted by Crippen LogP contribution is 2.34. The highest BCUT2D eigenvalue weighted by molar-refractivity contribution is 6.36. The van der Waals surface area contributed by atoms with Crippen LogP contribution in [-0.2, 0) is 12.8 Å². The number of phenols is 1. The Balaban J connectivity index is 1.75. The molecule has 25 heavy (non-hydrogen) atoms. The van der Waals surface area contributed by atoms with Crippen LogP contribution in [0.3, 0.4) is 0 Å². The molecule has 0 saturated heterocycles. The second-order valence-electron chi connectivity index (χ2n) is 6.13. The number of halogens is 2. The third kappa shape index (κ3) is 2.82. The van der Waals surface area contributed by atoms with Gasteiger partial charge in [-0.1, -0.05) is 53.5 Å². The van der Waals surface area contributed by atoms with Crippen molar-refractivity contribution in [1.29, 1.82) is 0 Å². The molecule has 4 heteroatoms. The number of phenolic OH excluding ortho intramolecular Hbond substituents is 1. The first-order valence-corrected chi connectivity index (χ1v) is 8.74. The molecule has 124 valence electrons. The Morgan fingerprint density at radius 2 is 1.80 bits per heavy atom. The van der Waals surface area contributed by atoms with Crippen molar-refractivity contribution in [3.63, 3.8) is 0 Å². The van der Waals surface area contributed by atoms with Crippen molar-refractivity contribution in [2.24, 2.45) is 0 Å². The third-order valence-corrected chi connectivity index (χ3v) is 5.12. The van der Waals surface area contributed by atoms with Crippen molar-refractivity contribution in [1.82, 2.24) is 0 Å². The standard InChI is InChI=1S/C21H14Cl2O2/c22-15-10-14(21(25)18(23)11-15)7-9-19(24)16-8-6-13-5-4-12-2-1-3-17(16)20(12)13/h1-3,6-11,25H,4-5H2/b9-7+. The predicted molar refractivity (Wildman–Crippen MR) is 103 cm³/mol. The largest absolute Gasteiger partial charge is 0.506 e. The number of rotatable bonds is 3. The Hall–Kier alpha value is -2.29. The van der Waals surface area contributed by atoms with Gasteiger partial charge in [0.1, 0.15) is 5.75 Å². The number of hydrogen-bond acceptors (Lipinski definition) is 2. The summed E-state index contributed by atoms with van der Waals surface area (Å²) in [5.74, 6) is -0.207. The molecule has 1 aliphatic carbocycles. The maximum atomic E-state index is 12.7. The van der Waals surface area contributed by atoms with Gasteiger partial charge in [0.25, 0.3) is 0 Å². The SMILES string of the molecule is O=C(/C=C/c1cc(Cl)cc(Cl)c1O)c1ccc2c3c(cccc13)CC2. The molecule has 0 spiro atoms. The lowest BCUT2D eigenvalue weighted by atomic mass is 9.97. The lowest BCUT2D eigenvalue weighted by Gasteiger charge is -2.07. The smallest absolute Gasteiger partial charge is 0.186 e. The Bertz CT molecular complexity index is 1040. The lowest BCUT2D eigenvalue weighted by Crippen LogP contribution is -1.97. The van der Waals surface area contributed by atoms with Crippen LogP contribution in [0.5, 0.6) is 5.75 Å². The third-order valence-electron chi connectivity index (χ3n) is 4.61. The van der Waals surface area contributed by atoms with Crippen molar-refractivity contribution in [3.8, 4) is 5.75 Å². The van der Waals surface area contributed by atoms with Gasteiger partial charge in [-0.15, -0.1) is 0 Å². The van der Waals surface area contributed by atoms with Crippen molar-refractivity contribution < 1.29 is 9.90 Å².